The molecule has 0 radical (unpaired) electrons. The maximum absolute atomic E-state index is 13.0. The van der Waals surface area contributed by atoms with Gasteiger partial charge >= 0.3 is 0 Å². The number of nitrogens with zero attached hydrogens (tertiary/aromatic N) is 1. The summed E-state index contributed by atoms with van der Waals surface area (Å²) in [5, 5.41) is 2.07. The lowest BCUT2D eigenvalue weighted by molar-refractivity contribution is -0.143. The van der Waals surface area contributed by atoms with Crippen LogP contribution in [0.3, 0.4) is 0 Å². The van der Waals surface area contributed by atoms with E-state index in [1.807, 2.05) is 11.0 Å². The number of nitrogens with two attached hydrogens (primary N) is 1. The lowest BCUT2D eigenvalue weighted by Gasteiger charge is -2.35. The monoisotopic (exact) mass is 294 g/mol. The minimum absolute atomic E-state index is 0.276. The molecule has 1 saturated carbocycles. The van der Waals surface area contributed by atoms with Crippen LogP contribution in [0.2, 0.25) is 0 Å². The van der Waals surface area contributed by atoms with E-state index in [9.17, 15) is 4.79 Å². The predicted octanol–water partition coefficient (Wildman–Crippen LogP) is 3.40. The van der Waals surface area contributed by atoms with Crippen LogP contribution in [0, 0.1) is 5.41 Å². The Hall–Kier alpha value is -0.870. The number of carbonyl (C=O) groups is 1. The second kappa shape index (κ2) is 7.23. The second-order valence-corrected chi connectivity index (χ2v) is 6.83. The first-order chi connectivity index (χ1) is 9.72. The lowest BCUT2D eigenvalue weighted by atomic mass is 9.79. The number of hydrogen-bond acceptors (Lipinski definition) is 3. The summed E-state index contributed by atoms with van der Waals surface area (Å²) in [7, 11) is 0. The fraction of sp³-hybridized carbons (Fsp3) is 0.688. The molecule has 0 saturated heterocycles. The van der Waals surface area contributed by atoms with Crippen molar-refractivity contribution in [1.29, 1.82) is 0 Å². The van der Waals surface area contributed by atoms with Crippen LogP contribution in [-0.4, -0.2) is 23.9 Å². The molecule has 20 heavy (non-hydrogen) atoms. The van der Waals surface area contributed by atoms with E-state index in [0.29, 0.717) is 6.54 Å². The van der Waals surface area contributed by atoms with Gasteiger partial charge in [-0.3, -0.25) is 4.79 Å². The summed E-state index contributed by atoms with van der Waals surface area (Å²) in [6.07, 6.45) is 6.68. The van der Waals surface area contributed by atoms with Crippen molar-refractivity contribution in [2.45, 2.75) is 52.0 Å². The van der Waals surface area contributed by atoms with Crippen LogP contribution < -0.4 is 5.73 Å². The van der Waals surface area contributed by atoms with Gasteiger partial charge in [0.1, 0.15) is 0 Å². The Balaban J connectivity index is 2.12. The van der Waals surface area contributed by atoms with Gasteiger partial charge in [0.2, 0.25) is 5.91 Å². The number of rotatable bonds is 5. The molecule has 0 bridgehead atoms. The zero-order chi connectivity index (χ0) is 14.4. The summed E-state index contributed by atoms with van der Waals surface area (Å²) in [5.41, 5.74) is 5.73. The lowest BCUT2D eigenvalue weighted by Crippen LogP contribution is -2.47. The topological polar surface area (TPSA) is 46.3 Å². The van der Waals surface area contributed by atoms with Crippen molar-refractivity contribution < 1.29 is 4.79 Å². The summed E-state index contributed by atoms with van der Waals surface area (Å²) < 4.78 is 0. The van der Waals surface area contributed by atoms with Crippen LogP contribution in [0.4, 0.5) is 0 Å². The summed E-state index contributed by atoms with van der Waals surface area (Å²) in [6.45, 7) is 4.05. The van der Waals surface area contributed by atoms with Gasteiger partial charge in [-0.15, -0.1) is 11.3 Å². The Bertz CT molecular complexity index is 408. The van der Waals surface area contributed by atoms with Gasteiger partial charge in [-0.25, -0.2) is 0 Å². The largest absolute Gasteiger partial charge is 0.337 e. The molecular weight excluding hydrogens is 268 g/mol. The molecule has 0 atom stereocenters. The number of thiophene rings is 1. The molecule has 3 nitrogen and oxygen atoms in total. The van der Waals surface area contributed by atoms with Crippen molar-refractivity contribution in [1.82, 2.24) is 4.90 Å². The fourth-order valence-corrected chi connectivity index (χ4v) is 3.88. The summed E-state index contributed by atoms with van der Waals surface area (Å²) in [4.78, 5) is 16.3. The minimum atomic E-state index is -0.302. The Morgan fingerprint density at radius 1 is 1.35 bits per heavy atom. The van der Waals surface area contributed by atoms with E-state index in [-0.39, 0.29) is 11.3 Å². The van der Waals surface area contributed by atoms with Gasteiger partial charge in [0.15, 0.2) is 0 Å². The van der Waals surface area contributed by atoms with Crippen molar-refractivity contribution in [2.24, 2.45) is 11.1 Å². The molecule has 2 rings (SSSR count). The smallest absolute Gasteiger partial charge is 0.230 e. The van der Waals surface area contributed by atoms with Gasteiger partial charge in [-0.1, -0.05) is 31.7 Å². The number of amides is 1. The molecule has 4 heteroatoms. The first-order valence-electron chi connectivity index (χ1n) is 7.73. The highest BCUT2D eigenvalue weighted by Crippen LogP contribution is 2.36. The molecule has 112 valence electrons. The van der Waals surface area contributed by atoms with Gasteiger partial charge in [-0.05, 0) is 31.2 Å². The summed E-state index contributed by atoms with van der Waals surface area (Å²) in [5.74, 6) is 0.276. The van der Waals surface area contributed by atoms with Crippen LogP contribution in [-0.2, 0) is 11.3 Å². The summed E-state index contributed by atoms with van der Waals surface area (Å²) >= 11 is 1.72. The van der Waals surface area contributed by atoms with Crippen LogP contribution in [0.5, 0.6) is 0 Å². The normalized spacial score (nSPS) is 18.5. The molecule has 1 aliphatic carbocycles. The third-order valence-electron chi connectivity index (χ3n) is 4.50. The molecule has 1 aromatic heterocycles. The van der Waals surface area contributed by atoms with E-state index in [1.54, 1.807) is 11.3 Å². The quantitative estimate of drug-likeness (QED) is 0.846. The van der Waals surface area contributed by atoms with E-state index in [2.05, 4.69) is 18.4 Å². The average molecular weight is 294 g/mol. The number of carbonyl (C=O) groups excluding carboxylic acids is 1. The Morgan fingerprint density at radius 2 is 2.05 bits per heavy atom. The zero-order valence-electron chi connectivity index (χ0n) is 12.4. The highest BCUT2D eigenvalue weighted by atomic mass is 32.1. The SMILES string of the molecule is CCN(Cc1cccs1)C(=O)C1(CN)CCCCCC1. The first-order valence-corrected chi connectivity index (χ1v) is 8.61. The van der Waals surface area contributed by atoms with Gasteiger partial charge < -0.3 is 10.6 Å². The van der Waals surface area contributed by atoms with Crippen molar-refractivity contribution >= 4 is 17.2 Å². The molecule has 0 aromatic carbocycles. The van der Waals surface area contributed by atoms with Crippen molar-refractivity contribution in [3.05, 3.63) is 22.4 Å². The van der Waals surface area contributed by atoms with Gasteiger partial charge in [0, 0.05) is 18.0 Å². The molecule has 0 aliphatic heterocycles. The van der Waals surface area contributed by atoms with Crippen molar-refractivity contribution in [3.63, 3.8) is 0 Å². The third-order valence-corrected chi connectivity index (χ3v) is 5.36. The zero-order valence-corrected chi connectivity index (χ0v) is 13.3. The Kier molecular flexibility index (Phi) is 5.61. The summed E-state index contributed by atoms with van der Waals surface area (Å²) in [6, 6.07) is 4.14. The van der Waals surface area contributed by atoms with Crippen molar-refractivity contribution in [3.8, 4) is 0 Å². The minimum Gasteiger partial charge on any atom is -0.337 e. The molecule has 2 N–H and O–H groups in total. The highest BCUT2D eigenvalue weighted by Gasteiger charge is 2.39. The fourth-order valence-electron chi connectivity index (χ4n) is 3.16. The van der Waals surface area contributed by atoms with Gasteiger partial charge in [0.25, 0.3) is 0 Å². The molecule has 1 aromatic rings. The van der Waals surface area contributed by atoms with Crippen molar-refractivity contribution in [2.75, 3.05) is 13.1 Å². The highest BCUT2D eigenvalue weighted by molar-refractivity contribution is 7.09. The molecular formula is C16H26N2OS. The maximum atomic E-state index is 13.0. The van der Waals surface area contributed by atoms with E-state index >= 15 is 0 Å². The first kappa shape index (κ1) is 15.5. The maximum Gasteiger partial charge on any atom is 0.230 e. The van der Waals surface area contributed by atoms with Crippen LogP contribution in [0.25, 0.3) is 0 Å². The number of hydrogen-bond donors (Lipinski definition) is 1. The molecule has 0 spiro atoms. The predicted molar refractivity (Wildman–Crippen MR) is 84.6 cm³/mol. The average Bonchev–Trinajstić information content (AvgIpc) is 2.86. The second-order valence-electron chi connectivity index (χ2n) is 5.80. The standard InChI is InChI=1S/C16H26N2OS/c1-2-18(12-14-8-7-11-20-14)15(19)16(13-17)9-5-3-4-6-10-16/h7-8,11H,2-6,9-10,12-13,17H2,1H3. The molecule has 1 fully saturated rings. The Labute approximate surface area is 126 Å². The van der Waals surface area contributed by atoms with Gasteiger partial charge in [-0.2, -0.15) is 0 Å². The van der Waals surface area contributed by atoms with Crippen LogP contribution >= 0.6 is 11.3 Å². The molecule has 1 amide bonds. The molecule has 0 unspecified atom stereocenters. The van der Waals surface area contributed by atoms with E-state index < -0.39 is 0 Å². The van der Waals surface area contributed by atoms with E-state index in [4.69, 9.17) is 5.73 Å². The molecule has 1 heterocycles. The van der Waals surface area contributed by atoms with Crippen LogP contribution in [0.15, 0.2) is 17.5 Å². The Morgan fingerprint density at radius 3 is 2.55 bits per heavy atom. The molecule has 1 aliphatic rings. The van der Waals surface area contributed by atoms with E-state index in [0.717, 1.165) is 38.8 Å². The third kappa shape index (κ3) is 3.41. The van der Waals surface area contributed by atoms with Crippen LogP contribution in [0.1, 0.15) is 50.3 Å². The van der Waals surface area contributed by atoms with Gasteiger partial charge in [0.05, 0.1) is 12.0 Å². The van der Waals surface area contributed by atoms with E-state index in [1.165, 1.54) is 17.7 Å².